The van der Waals surface area contributed by atoms with Crippen molar-refractivity contribution in [3.8, 4) is 11.8 Å². The minimum atomic E-state index is -0.962. The number of para-hydroxylation sites is 1. The molecule has 1 aliphatic heterocycles. The molecule has 0 aliphatic carbocycles. The summed E-state index contributed by atoms with van der Waals surface area (Å²) in [5, 5.41) is 9.89. The fourth-order valence-corrected chi connectivity index (χ4v) is 3.39. The van der Waals surface area contributed by atoms with E-state index >= 15 is 0 Å². The van der Waals surface area contributed by atoms with Gasteiger partial charge in [0.1, 0.15) is 12.4 Å². The Balaban J connectivity index is 1.55. The van der Waals surface area contributed by atoms with Crippen molar-refractivity contribution in [1.29, 1.82) is 5.26 Å². The van der Waals surface area contributed by atoms with E-state index in [0.717, 1.165) is 22.6 Å². The van der Waals surface area contributed by atoms with Crippen LogP contribution in [0.3, 0.4) is 0 Å². The van der Waals surface area contributed by atoms with Crippen LogP contribution in [0.2, 0.25) is 0 Å². The molecule has 1 fully saturated rings. The number of carbonyl (C=O) groups excluding carboxylic acids is 1. The summed E-state index contributed by atoms with van der Waals surface area (Å²) < 4.78 is 5.81. The first-order valence-corrected chi connectivity index (χ1v) is 8.79. The molecule has 3 aromatic rings. The van der Waals surface area contributed by atoms with Crippen LogP contribution in [0, 0.1) is 11.3 Å². The number of nitrogens with zero attached hydrogens (tertiary/aromatic N) is 2. The molecular weight excluding hydrogens is 336 g/mol. The SMILES string of the molecule is N#C[C@@]1(c2ccc(OCc3ccccc3)cc2)CC(=O)N1c1ccccc1. The zero-order valence-corrected chi connectivity index (χ0v) is 14.7. The van der Waals surface area contributed by atoms with Gasteiger partial charge in [0.25, 0.3) is 0 Å². The van der Waals surface area contributed by atoms with Crippen LogP contribution >= 0.6 is 0 Å². The van der Waals surface area contributed by atoms with Gasteiger partial charge in [-0.15, -0.1) is 0 Å². The van der Waals surface area contributed by atoms with Gasteiger partial charge in [-0.1, -0.05) is 60.7 Å². The number of anilines is 1. The average molecular weight is 354 g/mol. The third-order valence-electron chi connectivity index (χ3n) is 4.82. The lowest BCUT2D eigenvalue weighted by Gasteiger charge is -2.47. The normalized spacial score (nSPS) is 18.5. The Morgan fingerprint density at radius 3 is 2.15 bits per heavy atom. The van der Waals surface area contributed by atoms with Crippen molar-refractivity contribution < 1.29 is 9.53 Å². The summed E-state index contributed by atoms with van der Waals surface area (Å²) in [4.78, 5) is 13.8. The molecule has 1 amide bonds. The number of amides is 1. The highest BCUT2D eigenvalue weighted by atomic mass is 16.5. The molecule has 1 atom stereocenters. The summed E-state index contributed by atoms with van der Waals surface area (Å²) in [7, 11) is 0. The Labute approximate surface area is 158 Å². The van der Waals surface area contributed by atoms with Crippen molar-refractivity contribution in [2.45, 2.75) is 18.6 Å². The summed E-state index contributed by atoms with van der Waals surface area (Å²) in [6, 6.07) is 29.0. The zero-order chi connectivity index (χ0) is 18.7. The van der Waals surface area contributed by atoms with Crippen LogP contribution in [0.1, 0.15) is 17.5 Å². The molecule has 0 N–H and O–H groups in total. The van der Waals surface area contributed by atoms with Crippen LogP contribution in [-0.4, -0.2) is 5.91 Å². The Bertz CT molecular complexity index is 978. The molecular formula is C23H18N2O2. The van der Waals surface area contributed by atoms with Crippen LogP contribution in [0.15, 0.2) is 84.9 Å². The molecule has 4 rings (SSSR count). The lowest BCUT2D eigenvalue weighted by Crippen LogP contribution is -2.61. The molecule has 0 spiro atoms. The first-order chi connectivity index (χ1) is 13.2. The minimum Gasteiger partial charge on any atom is -0.489 e. The van der Waals surface area contributed by atoms with Crippen molar-refractivity contribution in [2.24, 2.45) is 0 Å². The highest BCUT2D eigenvalue weighted by Gasteiger charge is 2.53. The highest BCUT2D eigenvalue weighted by Crippen LogP contribution is 2.44. The van der Waals surface area contributed by atoms with Crippen molar-refractivity contribution >= 4 is 11.6 Å². The van der Waals surface area contributed by atoms with Gasteiger partial charge in [-0.2, -0.15) is 5.26 Å². The molecule has 1 heterocycles. The van der Waals surface area contributed by atoms with Gasteiger partial charge in [-0.3, -0.25) is 9.69 Å². The standard InChI is InChI=1S/C23H18N2O2/c24-17-23(15-22(26)25(23)20-9-5-2-6-10-20)19-11-13-21(14-12-19)27-16-18-7-3-1-4-8-18/h1-14H,15-16H2/t23-/m1/s1. The number of carbonyl (C=O) groups is 1. The molecule has 0 bridgehead atoms. The van der Waals surface area contributed by atoms with Gasteiger partial charge >= 0.3 is 0 Å². The lowest BCUT2D eigenvalue weighted by molar-refractivity contribution is -0.126. The van der Waals surface area contributed by atoms with Gasteiger partial charge in [0.2, 0.25) is 5.91 Å². The van der Waals surface area contributed by atoms with E-state index in [1.54, 1.807) is 4.90 Å². The fraction of sp³-hybridized carbons (Fsp3) is 0.130. The summed E-state index contributed by atoms with van der Waals surface area (Å²) in [6.07, 6.45) is 0.183. The molecule has 4 nitrogen and oxygen atoms in total. The maximum Gasteiger partial charge on any atom is 0.232 e. The van der Waals surface area contributed by atoms with E-state index in [9.17, 15) is 10.1 Å². The van der Waals surface area contributed by atoms with Crippen molar-refractivity contribution in [2.75, 3.05) is 4.90 Å². The number of ether oxygens (including phenoxy) is 1. The van der Waals surface area contributed by atoms with Gasteiger partial charge in [-0.25, -0.2) is 0 Å². The van der Waals surface area contributed by atoms with Crippen LogP contribution in [0.5, 0.6) is 5.75 Å². The topological polar surface area (TPSA) is 53.3 Å². The predicted octanol–water partition coefficient (Wildman–Crippen LogP) is 4.42. The van der Waals surface area contributed by atoms with Gasteiger partial charge in [0, 0.05) is 5.69 Å². The second-order valence-electron chi connectivity index (χ2n) is 6.51. The molecule has 0 saturated carbocycles. The summed E-state index contributed by atoms with van der Waals surface area (Å²) in [5.41, 5.74) is 1.66. The van der Waals surface area contributed by atoms with Crippen molar-refractivity contribution in [3.05, 3.63) is 96.1 Å². The quantitative estimate of drug-likeness (QED) is 0.637. The molecule has 0 unspecified atom stereocenters. The largest absolute Gasteiger partial charge is 0.489 e. The van der Waals surface area contributed by atoms with Crippen molar-refractivity contribution in [3.63, 3.8) is 0 Å². The molecule has 1 saturated heterocycles. The predicted molar refractivity (Wildman–Crippen MR) is 103 cm³/mol. The van der Waals surface area contributed by atoms with E-state index < -0.39 is 5.54 Å². The van der Waals surface area contributed by atoms with Gasteiger partial charge in [0.05, 0.1) is 12.5 Å². The summed E-state index contributed by atoms with van der Waals surface area (Å²) >= 11 is 0. The Hall–Kier alpha value is -3.58. The monoisotopic (exact) mass is 354 g/mol. The first-order valence-electron chi connectivity index (χ1n) is 8.79. The third-order valence-corrected chi connectivity index (χ3v) is 4.82. The van der Waals surface area contributed by atoms with Crippen LogP contribution in [-0.2, 0) is 16.9 Å². The Morgan fingerprint density at radius 1 is 0.926 bits per heavy atom. The second kappa shape index (κ2) is 6.97. The highest BCUT2D eigenvalue weighted by molar-refractivity contribution is 6.04. The van der Waals surface area contributed by atoms with Gasteiger partial charge < -0.3 is 4.74 Å². The molecule has 132 valence electrons. The first kappa shape index (κ1) is 16.9. The van der Waals surface area contributed by atoms with Crippen LogP contribution in [0.25, 0.3) is 0 Å². The molecule has 27 heavy (non-hydrogen) atoms. The van der Waals surface area contributed by atoms with Crippen LogP contribution < -0.4 is 9.64 Å². The number of hydrogen-bond acceptors (Lipinski definition) is 3. The molecule has 0 aromatic heterocycles. The smallest absolute Gasteiger partial charge is 0.232 e. The maximum atomic E-state index is 12.3. The number of β-lactam (4-membered cyclic amide) rings is 1. The average Bonchev–Trinajstić information content (AvgIpc) is 2.72. The molecule has 4 heteroatoms. The van der Waals surface area contributed by atoms with E-state index in [2.05, 4.69) is 6.07 Å². The summed E-state index contributed by atoms with van der Waals surface area (Å²) in [6.45, 7) is 0.484. The number of hydrogen-bond donors (Lipinski definition) is 0. The van der Waals surface area contributed by atoms with E-state index in [1.807, 2.05) is 84.9 Å². The summed E-state index contributed by atoms with van der Waals surface area (Å²) in [5.74, 6) is 0.680. The van der Waals surface area contributed by atoms with Crippen LogP contribution in [0.4, 0.5) is 5.69 Å². The minimum absolute atomic E-state index is 0.0489. The Kier molecular flexibility index (Phi) is 4.35. The van der Waals surface area contributed by atoms with E-state index in [0.29, 0.717) is 6.61 Å². The van der Waals surface area contributed by atoms with Crippen molar-refractivity contribution in [1.82, 2.24) is 0 Å². The van der Waals surface area contributed by atoms with E-state index in [1.165, 1.54) is 0 Å². The molecule has 1 aliphatic rings. The molecule has 0 radical (unpaired) electrons. The zero-order valence-electron chi connectivity index (χ0n) is 14.7. The van der Waals surface area contributed by atoms with Gasteiger partial charge in [-0.05, 0) is 35.4 Å². The number of nitriles is 1. The Morgan fingerprint density at radius 2 is 1.56 bits per heavy atom. The lowest BCUT2D eigenvalue weighted by atomic mass is 9.78. The van der Waals surface area contributed by atoms with E-state index in [4.69, 9.17) is 4.74 Å². The number of benzene rings is 3. The van der Waals surface area contributed by atoms with E-state index in [-0.39, 0.29) is 12.3 Å². The third kappa shape index (κ3) is 3.04. The van der Waals surface area contributed by atoms with Gasteiger partial charge in [0.15, 0.2) is 5.54 Å². The fourth-order valence-electron chi connectivity index (χ4n) is 3.39. The number of rotatable bonds is 5. The second-order valence-corrected chi connectivity index (χ2v) is 6.51. The maximum absolute atomic E-state index is 12.3. The molecule has 3 aromatic carbocycles.